The lowest BCUT2D eigenvalue weighted by atomic mass is 10.0. The Kier molecular flexibility index (Phi) is 8.31. The van der Waals surface area contributed by atoms with Crippen LogP contribution in [0.1, 0.15) is 57.9 Å². The Bertz CT molecular complexity index is 336. The van der Waals surface area contributed by atoms with E-state index in [-0.39, 0.29) is 0 Å². The lowest BCUT2D eigenvalue weighted by Crippen LogP contribution is -2.11. The molecular formula is C17H28O2. The molecule has 1 N–H and O–H groups in total. The van der Waals surface area contributed by atoms with E-state index in [1.807, 2.05) is 18.2 Å². The molecule has 1 atom stereocenters. The van der Waals surface area contributed by atoms with E-state index in [1.54, 1.807) is 6.07 Å². The Morgan fingerprint density at radius 1 is 1.05 bits per heavy atom. The minimum atomic E-state index is 0.435. The second-order valence-corrected chi connectivity index (χ2v) is 5.07. The minimum Gasteiger partial charge on any atom is -0.508 e. The van der Waals surface area contributed by atoms with Gasteiger partial charge in [-0.3, -0.25) is 0 Å². The maximum absolute atomic E-state index is 9.66. The van der Waals surface area contributed by atoms with Crippen LogP contribution < -0.4 is 0 Å². The number of hydrogen-bond acceptors (Lipinski definition) is 2. The topological polar surface area (TPSA) is 29.5 Å². The van der Waals surface area contributed by atoms with E-state index in [9.17, 15) is 5.11 Å². The second kappa shape index (κ2) is 9.85. The fourth-order valence-corrected chi connectivity index (χ4v) is 2.40. The number of ether oxygens (including phenoxy) is 1. The lowest BCUT2D eigenvalue weighted by molar-refractivity contribution is 0.0523. The van der Waals surface area contributed by atoms with E-state index in [0.717, 1.165) is 31.4 Å². The number of hydrogen-bond donors (Lipinski definition) is 1. The van der Waals surface area contributed by atoms with E-state index in [1.165, 1.54) is 25.7 Å². The number of aryl methyl sites for hydroxylation is 1. The van der Waals surface area contributed by atoms with Crippen molar-refractivity contribution in [2.24, 2.45) is 0 Å². The van der Waals surface area contributed by atoms with Gasteiger partial charge >= 0.3 is 0 Å². The molecule has 0 bridgehead atoms. The molecule has 0 amide bonds. The van der Waals surface area contributed by atoms with Gasteiger partial charge in [-0.2, -0.15) is 0 Å². The van der Waals surface area contributed by atoms with Gasteiger partial charge in [-0.1, -0.05) is 44.4 Å². The molecule has 1 unspecified atom stereocenters. The van der Waals surface area contributed by atoms with Gasteiger partial charge in [-0.25, -0.2) is 0 Å². The van der Waals surface area contributed by atoms with Crippen LogP contribution in [0.15, 0.2) is 24.3 Å². The zero-order chi connectivity index (χ0) is 13.9. The van der Waals surface area contributed by atoms with Crippen molar-refractivity contribution >= 4 is 0 Å². The zero-order valence-corrected chi connectivity index (χ0v) is 12.4. The van der Waals surface area contributed by atoms with Gasteiger partial charge in [0.05, 0.1) is 6.10 Å². The summed E-state index contributed by atoms with van der Waals surface area (Å²) in [6.45, 7) is 5.08. The largest absolute Gasteiger partial charge is 0.508 e. The standard InChI is InChI=1S/C17H28O2/c1-3-16(19-4-2)13-8-6-5-7-11-15-12-9-10-14-17(15)18/h9-10,12,14,16,18H,3-8,11,13H2,1-2H3. The smallest absolute Gasteiger partial charge is 0.118 e. The molecule has 1 aromatic carbocycles. The third-order valence-electron chi connectivity index (χ3n) is 3.57. The first-order valence-corrected chi connectivity index (χ1v) is 7.66. The van der Waals surface area contributed by atoms with Crippen molar-refractivity contribution in [2.45, 2.75) is 64.9 Å². The Morgan fingerprint density at radius 2 is 1.79 bits per heavy atom. The molecule has 2 heteroatoms. The average Bonchev–Trinajstić information content (AvgIpc) is 2.43. The summed E-state index contributed by atoms with van der Waals surface area (Å²) in [6, 6.07) is 7.64. The van der Waals surface area contributed by atoms with Crippen LogP contribution >= 0.6 is 0 Å². The molecule has 1 rings (SSSR count). The summed E-state index contributed by atoms with van der Waals surface area (Å²) in [5.74, 6) is 0.435. The number of phenols is 1. The first kappa shape index (κ1) is 16.0. The number of aromatic hydroxyl groups is 1. The highest BCUT2D eigenvalue weighted by Gasteiger charge is 2.05. The Morgan fingerprint density at radius 3 is 2.47 bits per heavy atom. The molecule has 0 heterocycles. The van der Waals surface area contributed by atoms with Crippen LogP contribution in [0.2, 0.25) is 0 Å². The Labute approximate surface area is 117 Å². The number of unbranched alkanes of at least 4 members (excludes halogenated alkanes) is 3. The summed E-state index contributed by atoms with van der Waals surface area (Å²) in [4.78, 5) is 0. The van der Waals surface area contributed by atoms with E-state index in [2.05, 4.69) is 13.8 Å². The highest BCUT2D eigenvalue weighted by Crippen LogP contribution is 2.19. The summed E-state index contributed by atoms with van der Waals surface area (Å²) >= 11 is 0. The molecule has 0 saturated heterocycles. The van der Waals surface area contributed by atoms with Gasteiger partial charge in [0.15, 0.2) is 0 Å². The molecule has 0 radical (unpaired) electrons. The van der Waals surface area contributed by atoms with Gasteiger partial charge in [-0.15, -0.1) is 0 Å². The molecule has 0 aliphatic carbocycles. The monoisotopic (exact) mass is 264 g/mol. The summed E-state index contributed by atoms with van der Waals surface area (Å²) in [5.41, 5.74) is 1.07. The number of benzene rings is 1. The average molecular weight is 264 g/mol. The van der Waals surface area contributed by atoms with Crippen LogP contribution in [0.25, 0.3) is 0 Å². The van der Waals surface area contributed by atoms with Crippen molar-refractivity contribution in [3.8, 4) is 5.75 Å². The van der Waals surface area contributed by atoms with Gasteiger partial charge in [0, 0.05) is 6.61 Å². The summed E-state index contributed by atoms with van der Waals surface area (Å²) in [5, 5.41) is 9.66. The van der Waals surface area contributed by atoms with Gasteiger partial charge in [-0.05, 0) is 44.2 Å². The fraction of sp³-hybridized carbons (Fsp3) is 0.647. The first-order valence-electron chi connectivity index (χ1n) is 7.66. The molecule has 1 aromatic rings. The van der Waals surface area contributed by atoms with E-state index in [0.29, 0.717) is 11.9 Å². The van der Waals surface area contributed by atoms with E-state index in [4.69, 9.17) is 4.74 Å². The third kappa shape index (κ3) is 6.63. The number of phenolic OH excluding ortho intramolecular Hbond substituents is 1. The summed E-state index contributed by atoms with van der Waals surface area (Å²) < 4.78 is 5.65. The van der Waals surface area contributed by atoms with Crippen molar-refractivity contribution in [3.63, 3.8) is 0 Å². The van der Waals surface area contributed by atoms with E-state index >= 15 is 0 Å². The Balaban J connectivity index is 2.07. The molecular weight excluding hydrogens is 236 g/mol. The molecule has 19 heavy (non-hydrogen) atoms. The number of para-hydroxylation sites is 1. The quantitative estimate of drug-likeness (QED) is 0.621. The molecule has 0 fully saturated rings. The van der Waals surface area contributed by atoms with Crippen molar-refractivity contribution in [3.05, 3.63) is 29.8 Å². The molecule has 0 aliphatic heterocycles. The lowest BCUT2D eigenvalue weighted by Gasteiger charge is -2.14. The van der Waals surface area contributed by atoms with Gasteiger partial charge in [0.2, 0.25) is 0 Å². The van der Waals surface area contributed by atoms with Crippen LogP contribution in [0.3, 0.4) is 0 Å². The molecule has 0 aliphatic rings. The SMILES string of the molecule is CCOC(CC)CCCCCCc1ccccc1O. The summed E-state index contributed by atoms with van der Waals surface area (Å²) in [6.07, 6.45) is 8.63. The maximum atomic E-state index is 9.66. The second-order valence-electron chi connectivity index (χ2n) is 5.07. The predicted molar refractivity (Wildman–Crippen MR) is 80.6 cm³/mol. The van der Waals surface area contributed by atoms with E-state index < -0.39 is 0 Å². The molecule has 0 spiro atoms. The van der Waals surface area contributed by atoms with Crippen LogP contribution in [-0.4, -0.2) is 17.8 Å². The van der Waals surface area contributed by atoms with Crippen LogP contribution in [0.4, 0.5) is 0 Å². The van der Waals surface area contributed by atoms with Gasteiger partial charge < -0.3 is 9.84 Å². The Hall–Kier alpha value is -1.02. The van der Waals surface area contributed by atoms with Crippen LogP contribution in [0.5, 0.6) is 5.75 Å². The van der Waals surface area contributed by atoms with Crippen LogP contribution in [0, 0.1) is 0 Å². The van der Waals surface area contributed by atoms with Crippen molar-refractivity contribution in [1.82, 2.24) is 0 Å². The third-order valence-corrected chi connectivity index (χ3v) is 3.57. The van der Waals surface area contributed by atoms with Gasteiger partial charge in [0.25, 0.3) is 0 Å². The van der Waals surface area contributed by atoms with Gasteiger partial charge in [0.1, 0.15) is 5.75 Å². The predicted octanol–water partition coefficient (Wildman–Crippen LogP) is 4.70. The molecule has 108 valence electrons. The highest BCUT2D eigenvalue weighted by molar-refractivity contribution is 5.31. The fourth-order valence-electron chi connectivity index (χ4n) is 2.40. The van der Waals surface area contributed by atoms with Crippen molar-refractivity contribution < 1.29 is 9.84 Å². The molecule has 0 aromatic heterocycles. The van der Waals surface area contributed by atoms with Crippen LogP contribution in [-0.2, 0) is 11.2 Å². The maximum Gasteiger partial charge on any atom is 0.118 e. The molecule has 2 nitrogen and oxygen atoms in total. The highest BCUT2D eigenvalue weighted by atomic mass is 16.5. The zero-order valence-electron chi connectivity index (χ0n) is 12.4. The van der Waals surface area contributed by atoms with Crippen molar-refractivity contribution in [1.29, 1.82) is 0 Å². The summed E-state index contributed by atoms with van der Waals surface area (Å²) in [7, 11) is 0. The number of rotatable bonds is 10. The molecule has 0 saturated carbocycles. The normalized spacial score (nSPS) is 12.5. The van der Waals surface area contributed by atoms with Crippen molar-refractivity contribution in [2.75, 3.05) is 6.61 Å². The minimum absolute atomic E-state index is 0.435. The first-order chi connectivity index (χ1) is 9.27.